The highest BCUT2D eigenvalue weighted by Gasteiger charge is 2.09. The monoisotopic (exact) mass is 297 g/mol. The van der Waals surface area contributed by atoms with Gasteiger partial charge in [-0.2, -0.15) is 0 Å². The predicted octanol–water partition coefficient (Wildman–Crippen LogP) is 4.25. The number of nitrogens with one attached hydrogen (secondary N) is 1. The fourth-order valence-electron chi connectivity index (χ4n) is 2.43. The summed E-state index contributed by atoms with van der Waals surface area (Å²) >= 11 is 6.13. The molecule has 4 heteroatoms. The van der Waals surface area contributed by atoms with Gasteiger partial charge in [-0.3, -0.25) is 16.3 Å². The van der Waals surface area contributed by atoms with Crippen LogP contribution in [0.1, 0.15) is 63.9 Å². The van der Waals surface area contributed by atoms with Gasteiger partial charge in [0.25, 0.3) is 0 Å². The molecule has 0 radical (unpaired) electrons. The highest BCUT2D eigenvalue weighted by molar-refractivity contribution is 6.31. The lowest BCUT2D eigenvalue weighted by Crippen LogP contribution is -2.36. The van der Waals surface area contributed by atoms with Gasteiger partial charge in [-0.1, -0.05) is 63.5 Å². The third kappa shape index (κ3) is 7.22. The van der Waals surface area contributed by atoms with Gasteiger partial charge < -0.3 is 0 Å². The molecule has 0 spiro atoms. The molecule has 0 aliphatic carbocycles. The van der Waals surface area contributed by atoms with E-state index < -0.39 is 0 Å². The molecule has 1 heterocycles. The van der Waals surface area contributed by atoms with Crippen molar-refractivity contribution < 1.29 is 0 Å². The molecule has 1 rings (SSSR count). The van der Waals surface area contributed by atoms with Crippen LogP contribution < -0.4 is 11.3 Å². The zero-order chi connectivity index (χ0) is 14.6. The lowest BCUT2D eigenvalue weighted by Gasteiger charge is -2.16. The van der Waals surface area contributed by atoms with Gasteiger partial charge >= 0.3 is 0 Å². The van der Waals surface area contributed by atoms with Gasteiger partial charge in [0.15, 0.2) is 0 Å². The Hall–Kier alpha value is -0.640. The van der Waals surface area contributed by atoms with Crippen LogP contribution in [0.3, 0.4) is 0 Å². The number of nitrogens with two attached hydrogens (primary N) is 1. The molecule has 0 bridgehead atoms. The van der Waals surface area contributed by atoms with Gasteiger partial charge in [-0.15, -0.1) is 0 Å². The Morgan fingerprint density at radius 1 is 1.20 bits per heavy atom. The number of hydrogen-bond donors (Lipinski definition) is 2. The quantitative estimate of drug-likeness (QED) is 0.365. The van der Waals surface area contributed by atoms with Crippen LogP contribution in [-0.4, -0.2) is 11.0 Å². The summed E-state index contributed by atoms with van der Waals surface area (Å²) in [4.78, 5) is 4.01. The Morgan fingerprint density at radius 3 is 2.55 bits per heavy atom. The summed E-state index contributed by atoms with van der Waals surface area (Å²) < 4.78 is 0. The third-order valence-electron chi connectivity index (χ3n) is 3.71. The zero-order valence-electron chi connectivity index (χ0n) is 12.6. The maximum absolute atomic E-state index is 6.13. The van der Waals surface area contributed by atoms with Gasteiger partial charge in [0.1, 0.15) is 0 Å². The second-order valence-corrected chi connectivity index (χ2v) is 5.85. The van der Waals surface area contributed by atoms with Crippen molar-refractivity contribution in [1.82, 2.24) is 10.4 Å². The molecule has 0 amide bonds. The molecule has 1 aromatic rings. The zero-order valence-corrected chi connectivity index (χ0v) is 13.3. The van der Waals surface area contributed by atoms with Gasteiger partial charge in [0, 0.05) is 18.4 Å². The van der Waals surface area contributed by atoms with Gasteiger partial charge in [0.2, 0.25) is 0 Å². The second-order valence-electron chi connectivity index (χ2n) is 5.44. The standard InChI is InChI=1S/C16H28ClN3/c1-2-3-4-5-6-7-8-9-15(20-18)12-14-10-11-19-13-16(14)17/h10-11,13,15,20H,2-9,12,18H2,1H3. The molecule has 20 heavy (non-hydrogen) atoms. The first kappa shape index (κ1) is 17.4. The summed E-state index contributed by atoms with van der Waals surface area (Å²) in [6.07, 6.45) is 14.7. The lowest BCUT2D eigenvalue weighted by atomic mass is 10.0. The fraction of sp³-hybridized carbons (Fsp3) is 0.688. The van der Waals surface area contributed by atoms with Crippen LogP contribution in [0.15, 0.2) is 18.5 Å². The summed E-state index contributed by atoms with van der Waals surface area (Å²) in [6.45, 7) is 2.25. The minimum Gasteiger partial charge on any atom is -0.271 e. The first-order chi connectivity index (χ1) is 9.77. The minimum absolute atomic E-state index is 0.297. The molecule has 0 fully saturated rings. The normalized spacial score (nSPS) is 12.6. The van der Waals surface area contributed by atoms with Crippen molar-refractivity contribution in [2.45, 2.75) is 70.8 Å². The largest absolute Gasteiger partial charge is 0.271 e. The number of aromatic nitrogens is 1. The van der Waals surface area contributed by atoms with E-state index in [0.29, 0.717) is 6.04 Å². The predicted molar refractivity (Wildman–Crippen MR) is 86.7 cm³/mol. The Morgan fingerprint density at radius 2 is 1.90 bits per heavy atom. The van der Waals surface area contributed by atoms with Gasteiger partial charge in [-0.05, 0) is 24.5 Å². The van der Waals surface area contributed by atoms with Crippen LogP contribution in [0.4, 0.5) is 0 Å². The molecular weight excluding hydrogens is 270 g/mol. The maximum atomic E-state index is 6.13. The van der Waals surface area contributed by atoms with Crippen molar-refractivity contribution in [1.29, 1.82) is 0 Å². The topological polar surface area (TPSA) is 50.9 Å². The van der Waals surface area contributed by atoms with Crippen molar-refractivity contribution in [2.75, 3.05) is 0 Å². The van der Waals surface area contributed by atoms with E-state index in [2.05, 4.69) is 17.3 Å². The second kappa shape index (κ2) is 11.1. The van der Waals surface area contributed by atoms with Crippen LogP contribution in [-0.2, 0) is 6.42 Å². The smallest absolute Gasteiger partial charge is 0.0621 e. The first-order valence-corrected chi connectivity index (χ1v) is 8.20. The molecule has 1 aromatic heterocycles. The number of hydrogen-bond acceptors (Lipinski definition) is 3. The Kier molecular flexibility index (Phi) is 9.63. The van der Waals surface area contributed by atoms with Crippen molar-refractivity contribution in [3.05, 3.63) is 29.0 Å². The number of nitrogens with zero attached hydrogens (tertiary/aromatic N) is 1. The van der Waals surface area contributed by atoms with Crippen LogP contribution in [0, 0.1) is 0 Å². The van der Waals surface area contributed by atoms with E-state index >= 15 is 0 Å². The summed E-state index contributed by atoms with van der Waals surface area (Å²) in [5, 5.41) is 0.729. The molecule has 0 saturated carbocycles. The van der Waals surface area contributed by atoms with Crippen LogP contribution in [0.2, 0.25) is 5.02 Å². The van der Waals surface area contributed by atoms with E-state index in [9.17, 15) is 0 Å². The molecule has 3 nitrogen and oxygen atoms in total. The van der Waals surface area contributed by atoms with Crippen molar-refractivity contribution >= 4 is 11.6 Å². The average Bonchev–Trinajstić information content (AvgIpc) is 2.47. The van der Waals surface area contributed by atoms with Crippen molar-refractivity contribution in [3.8, 4) is 0 Å². The third-order valence-corrected chi connectivity index (χ3v) is 4.05. The number of halogens is 1. The molecule has 0 aliphatic heterocycles. The summed E-state index contributed by atoms with van der Waals surface area (Å²) in [7, 11) is 0. The molecule has 114 valence electrons. The van der Waals surface area contributed by atoms with E-state index in [-0.39, 0.29) is 0 Å². The highest BCUT2D eigenvalue weighted by Crippen LogP contribution is 2.17. The molecule has 0 saturated heterocycles. The summed E-state index contributed by atoms with van der Waals surface area (Å²) in [5.74, 6) is 5.64. The Labute approximate surface area is 128 Å². The lowest BCUT2D eigenvalue weighted by molar-refractivity contribution is 0.458. The van der Waals surface area contributed by atoms with Crippen LogP contribution in [0.5, 0.6) is 0 Å². The van der Waals surface area contributed by atoms with E-state index in [0.717, 1.165) is 23.4 Å². The highest BCUT2D eigenvalue weighted by atomic mass is 35.5. The van der Waals surface area contributed by atoms with E-state index in [1.165, 1.54) is 44.9 Å². The first-order valence-electron chi connectivity index (χ1n) is 7.82. The van der Waals surface area contributed by atoms with E-state index in [1.54, 1.807) is 12.4 Å². The molecule has 1 unspecified atom stereocenters. The number of hydrazine groups is 1. The van der Waals surface area contributed by atoms with Gasteiger partial charge in [0.05, 0.1) is 5.02 Å². The maximum Gasteiger partial charge on any atom is 0.0621 e. The molecule has 3 N–H and O–H groups in total. The Balaban J connectivity index is 2.18. The van der Waals surface area contributed by atoms with E-state index in [1.807, 2.05) is 6.07 Å². The molecule has 0 aliphatic rings. The van der Waals surface area contributed by atoms with Crippen LogP contribution >= 0.6 is 11.6 Å². The van der Waals surface area contributed by atoms with Crippen molar-refractivity contribution in [3.63, 3.8) is 0 Å². The number of unbranched alkanes of at least 4 members (excludes halogenated alkanes) is 6. The number of rotatable bonds is 11. The minimum atomic E-state index is 0.297. The summed E-state index contributed by atoms with van der Waals surface area (Å²) in [5.41, 5.74) is 4.03. The van der Waals surface area contributed by atoms with Crippen LogP contribution in [0.25, 0.3) is 0 Å². The van der Waals surface area contributed by atoms with Gasteiger partial charge in [-0.25, -0.2) is 0 Å². The number of pyridine rings is 1. The SMILES string of the molecule is CCCCCCCCCC(Cc1ccncc1Cl)NN. The molecular formula is C16H28ClN3. The average molecular weight is 298 g/mol. The molecule has 1 atom stereocenters. The molecule has 0 aromatic carbocycles. The van der Waals surface area contributed by atoms with Crippen molar-refractivity contribution in [2.24, 2.45) is 5.84 Å². The summed E-state index contributed by atoms with van der Waals surface area (Å²) in [6, 6.07) is 2.27. The Bertz CT molecular complexity index is 357. The fourth-order valence-corrected chi connectivity index (χ4v) is 2.62. The van der Waals surface area contributed by atoms with E-state index in [4.69, 9.17) is 17.4 Å².